The van der Waals surface area contributed by atoms with E-state index >= 15 is 0 Å². The molecule has 2 N–H and O–H groups in total. The molecule has 1 aliphatic heterocycles. The third-order valence-corrected chi connectivity index (χ3v) is 4.21. The largest absolute Gasteiger partial charge is 0.314 e. The second-order valence-electron chi connectivity index (χ2n) is 5.39. The Balaban J connectivity index is 1.67. The first kappa shape index (κ1) is 11.4. The highest BCUT2D eigenvalue weighted by Crippen LogP contribution is 2.19. The molecule has 2 aliphatic rings. The van der Waals surface area contributed by atoms with Crippen LogP contribution in [-0.4, -0.2) is 25.2 Å². The van der Waals surface area contributed by atoms with E-state index in [9.17, 15) is 0 Å². The molecule has 88 valence electrons. The van der Waals surface area contributed by atoms with Crippen LogP contribution in [0.5, 0.6) is 0 Å². The fourth-order valence-electron chi connectivity index (χ4n) is 2.99. The Kier molecular flexibility index (Phi) is 4.45. The van der Waals surface area contributed by atoms with Crippen LogP contribution in [0, 0.1) is 5.92 Å². The summed E-state index contributed by atoms with van der Waals surface area (Å²) < 4.78 is 0. The highest BCUT2D eigenvalue weighted by atomic mass is 15.0. The summed E-state index contributed by atoms with van der Waals surface area (Å²) in [4.78, 5) is 0. The quantitative estimate of drug-likeness (QED) is 0.698. The van der Waals surface area contributed by atoms with Crippen LogP contribution in [0.1, 0.15) is 51.9 Å². The Bertz CT molecular complexity index is 173. The summed E-state index contributed by atoms with van der Waals surface area (Å²) >= 11 is 0. The Labute approximate surface area is 94.2 Å². The lowest BCUT2D eigenvalue weighted by atomic mass is 10.0. The van der Waals surface area contributed by atoms with E-state index in [1.165, 1.54) is 58.0 Å². The Morgan fingerprint density at radius 3 is 2.40 bits per heavy atom. The van der Waals surface area contributed by atoms with Crippen LogP contribution in [0.15, 0.2) is 0 Å². The van der Waals surface area contributed by atoms with Crippen LogP contribution in [0.3, 0.4) is 0 Å². The van der Waals surface area contributed by atoms with Crippen LogP contribution < -0.4 is 10.6 Å². The highest BCUT2D eigenvalue weighted by Gasteiger charge is 2.23. The molecule has 1 saturated heterocycles. The molecule has 0 bridgehead atoms. The number of hydrogen-bond acceptors (Lipinski definition) is 2. The average molecular weight is 210 g/mol. The summed E-state index contributed by atoms with van der Waals surface area (Å²) in [6, 6.07) is 1.54. The normalized spacial score (nSPS) is 34.2. The minimum atomic E-state index is 0.725. The molecule has 0 spiro atoms. The van der Waals surface area contributed by atoms with Crippen molar-refractivity contribution in [3.63, 3.8) is 0 Å². The summed E-state index contributed by atoms with van der Waals surface area (Å²) in [6.45, 7) is 4.78. The van der Waals surface area contributed by atoms with Crippen molar-refractivity contribution in [1.82, 2.24) is 10.6 Å². The maximum Gasteiger partial charge on any atom is 0.00795 e. The van der Waals surface area contributed by atoms with E-state index in [4.69, 9.17) is 0 Å². The lowest BCUT2D eigenvalue weighted by molar-refractivity contribution is 0.381. The molecule has 0 aromatic heterocycles. The fraction of sp³-hybridized carbons (Fsp3) is 1.00. The SMILES string of the molecule is CC1NCCC1CNC1CCCCCC1. The molecule has 1 saturated carbocycles. The predicted octanol–water partition coefficient (Wildman–Crippen LogP) is 2.30. The second-order valence-corrected chi connectivity index (χ2v) is 5.39. The van der Waals surface area contributed by atoms with Crippen LogP contribution in [-0.2, 0) is 0 Å². The average Bonchev–Trinajstić information content (AvgIpc) is 2.53. The third kappa shape index (κ3) is 3.46. The van der Waals surface area contributed by atoms with E-state index in [-0.39, 0.29) is 0 Å². The van der Waals surface area contributed by atoms with Gasteiger partial charge in [0.2, 0.25) is 0 Å². The van der Waals surface area contributed by atoms with E-state index in [2.05, 4.69) is 17.6 Å². The van der Waals surface area contributed by atoms with E-state index in [1.807, 2.05) is 0 Å². The van der Waals surface area contributed by atoms with Gasteiger partial charge in [0.15, 0.2) is 0 Å². The highest BCUT2D eigenvalue weighted by molar-refractivity contribution is 4.83. The number of rotatable bonds is 3. The molecular weight excluding hydrogens is 184 g/mol. The van der Waals surface area contributed by atoms with Gasteiger partial charge in [-0.25, -0.2) is 0 Å². The van der Waals surface area contributed by atoms with Crippen molar-refractivity contribution < 1.29 is 0 Å². The third-order valence-electron chi connectivity index (χ3n) is 4.21. The zero-order valence-corrected chi connectivity index (χ0v) is 10.1. The fourth-order valence-corrected chi connectivity index (χ4v) is 2.99. The van der Waals surface area contributed by atoms with Gasteiger partial charge in [-0.1, -0.05) is 25.7 Å². The molecule has 1 aliphatic carbocycles. The molecular formula is C13H26N2. The van der Waals surface area contributed by atoms with Crippen LogP contribution in [0.25, 0.3) is 0 Å². The van der Waals surface area contributed by atoms with Gasteiger partial charge < -0.3 is 10.6 Å². The molecule has 1 heterocycles. The minimum Gasteiger partial charge on any atom is -0.314 e. The van der Waals surface area contributed by atoms with Gasteiger partial charge in [-0.15, -0.1) is 0 Å². The molecule has 0 aromatic rings. The minimum absolute atomic E-state index is 0.725. The van der Waals surface area contributed by atoms with Gasteiger partial charge in [-0.05, 0) is 45.2 Å². The van der Waals surface area contributed by atoms with Gasteiger partial charge in [0, 0.05) is 12.1 Å². The van der Waals surface area contributed by atoms with Gasteiger partial charge >= 0.3 is 0 Å². The summed E-state index contributed by atoms with van der Waals surface area (Å²) in [7, 11) is 0. The van der Waals surface area contributed by atoms with Crippen molar-refractivity contribution in [2.24, 2.45) is 5.92 Å². The van der Waals surface area contributed by atoms with E-state index in [0.29, 0.717) is 0 Å². The lowest BCUT2D eigenvalue weighted by Gasteiger charge is -2.21. The van der Waals surface area contributed by atoms with Crippen molar-refractivity contribution in [3.8, 4) is 0 Å². The zero-order valence-electron chi connectivity index (χ0n) is 10.1. The first-order chi connectivity index (χ1) is 7.36. The monoisotopic (exact) mass is 210 g/mol. The number of nitrogens with one attached hydrogen (secondary N) is 2. The van der Waals surface area contributed by atoms with Gasteiger partial charge in [0.1, 0.15) is 0 Å². The van der Waals surface area contributed by atoms with E-state index in [0.717, 1.165) is 18.0 Å². The van der Waals surface area contributed by atoms with Gasteiger partial charge in [0.25, 0.3) is 0 Å². The Hall–Kier alpha value is -0.0800. The van der Waals surface area contributed by atoms with Crippen molar-refractivity contribution in [3.05, 3.63) is 0 Å². The topological polar surface area (TPSA) is 24.1 Å². The molecule has 2 unspecified atom stereocenters. The molecule has 2 rings (SSSR count). The zero-order chi connectivity index (χ0) is 10.5. The predicted molar refractivity (Wildman–Crippen MR) is 65.1 cm³/mol. The molecule has 0 radical (unpaired) electrons. The Morgan fingerprint density at radius 1 is 1.07 bits per heavy atom. The van der Waals surface area contributed by atoms with Gasteiger partial charge in [0.05, 0.1) is 0 Å². The number of hydrogen-bond donors (Lipinski definition) is 2. The standard InChI is InChI=1S/C13H26N2/c1-11-12(8-9-14-11)10-15-13-6-4-2-3-5-7-13/h11-15H,2-10H2,1H3. The summed E-state index contributed by atoms with van der Waals surface area (Å²) in [5.41, 5.74) is 0. The summed E-state index contributed by atoms with van der Waals surface area (Å²) in [5.74, 6) is 0.869. The molecule has 0 amide bonds. The van der Waals surface area contributed by atoms with Crippen LogP contribution >= 0.6 is 0 Å². The van der Waals surface area contributed by atoms with Crippen molar-refractivity contribution in [1.29, 1.82) is 0 Å². The maximum atomic E-state index is 3.79. The Morgan fingerprint density at radius 2 is 1.80 bits per heavy atom. The lowest BCUT2D eigenvalue weighted by Crippen LogP contribution is -2.36. The summed E-state index contributed by atoms with van der Waals surface area (Å²) in [6.07, 6.45) is 9.98. The summed E-state index contributed by atoms with van der Waals surface area (Å²) in [5, 5.41) is 7.32. The molecule has 2 heteroatoms. The van der Waals surface area contributed by atoms with Crippen LogP contribution in [0.2, 0.25) is 0 Å². The molecule has 0 aromatic carbocycles. The maximum absolute atomic E-state index is 3.79. The van der Waals surface area contributed by atoms with E-state index < -0.39 is 0 Å². The van der Waals surface area contributed by atoms with Crippen LogP contribution in [0.4, 0.5) is 0 Å². The first-order valence-corrected chi connectivity index (χ1v) is 6.83. The van der Waals surface area contributed by atoms with Crippen molar-refractivity contribution in [2.45, 2.75) is 64.0 Å². The first-order valence-electron chi connectivity index (χ1n) is 6.83. The van der Waals surface area contributed by atoms with Gasteiger partial charge in [-0.2, -0.15) is 0 Å². The molecule has 2 atom stereocenters. The smallest absolute Gasteiger partial charge is 0.00795 e. The second kappa shape index (κ2) is 5.86. The van der Waals surface area contributed by atoms with E-state index in [1.54, 1.807) is 0 Å². The van der Waals surface area contributed by atoms with Crippen molar-refractivity contribution in [2.75, 3.05) is 13.1 Å². The molecule has 15 heavy (non-hydrogen) atoms. The molecule has 2 nitrogen and oxygen atoms in total. The van der Waals surface area contributed by atoms with Gasteiger partial charge in [-0.3, -0.25) is 0 Å². The van der Waals surface area contributed by atoms with Crippen molar-refractivity contribution >= 4 is 0 Å². The molecule has 2 fully saturated rings.